The van der Waals surface area contributed by atoms with Gasteiger partial charge in [-0.15, -0.1) is 0 Å². The molecule has 1 aliphatic heterocycles. The average Bonchev–Trinajstić information content (AvgIpc) is 2.60. The zero-order valence-corrected chi connectivity index (χ0v) is 14.8. The molecule has 8 heteroatoms. The van der Waals surface area contributed by atoms with Crippen LogP contribution in [0.5, 0.6) is 0 Å². The third-order valence-corrected chi connectivity index (χ3v) is 4.42. The second-order valence-electron chi connectivity index (χ2n) is 6.03. The number of amides is 2. The topological polar surface area (TPSA) is 58.2 Å². The second kappa shape index (κ2) is 7.08. The highest BCUT2D eigenvalue weighted by Gasteiger charge is 2.34. The summed E-state index contributed by atoms with van der Waals surface area (Å²) in [5, 5.41) is 5.47. The first-order chi connectivity index (χ1) is 12.7. The molecule has 2 aromatic rings. The van der Waals surface area contributed by atoms with Crippen molar-refractivity contribution in [3.63, 3.8) is 0 Å². The van der Waals surface area contributed by atoms with E-state index < -0.39 is 29.6 Å². The number of Topliss-reactive ketones (excluding diaryl/α,β-unsaturated/α-hetero) is 1. The summed E-state index contributed by atoms with van der Waals surface area (Å²) in [6.07, 6.45) is -4.54. The van der Waals surface area contributed by atoms with Gasteiger partial charge in [-0.25, -0.2) is 4.79 Å². The van der Waals surface area contributed by atoms with Crippen LogP contribution in [0, 0.1) is 0 Å². The molecule has 2 amide bonds. The lowest BCUT2D eigenvalue weighted by Crippen LogP contribution is -2.45. The normalized spacial score (nSPS) is 17.4. The fourth-order valence-electron chi connectivity index (χ4n) is 2.90. The number of carbonyl (C=O) groups excluding carboxylic acids is 2. The molecule has 27 heavy (non-hydrogen) atoms. The van der Waals surface area contributed by atoms with E-state index in [-0.39, 0.29) is 16.8 Å². The minimum absolute atomic E-state index is 0.163. The summed E-state index contributed by atoms with van der Waals surface area (Å²) in [5.74, 6) is -0.418. The third-order valence-electron chi connectivity index (χ3n) is 4.17. The summed E-state index contributed by atoms with van der Waals surface area (Å²) in [6, 6.07) is 9.06. The van der Waals surface area contributed by atoms with Gasteiger partial charge in [-0.2, -0.15) is 13.2 Å². The van der Waals surface area contributed by atoms with Crippen molar-refractivity contribution < 1.29 is 22.8 Å². The van der Waals surface area contributed by atoms with Crippen molar-refractivity contribution in [3.8, 4) is 0 Å². The number of allylic oxidation sites excluding steroid dienone is 1. The van der Waals surface area contributed by atoms with Gasteiger partial charge in [-0.05, 0) is 48.9 Å². The lowest BCUT2D eigenvalue weighted by atomic mass is 9.89. The quantitative estimate of drug-likeness (QED) is 0.730. The molecule has 0 radical (unpaired) electrons. The van der Waals surface area contributed by atoms with Crippen LogP contribution in [-0.2, 0) is 6.18 Å². The van der Waals surface area contributed by atoms with Gasteiger partial charge < -0.3 is 10.6 Å². The van der Waals surface area contributed by atoms with E-state index in [1.165, 1.54) is 31.2 Å². The van der Waals surface area contributed by atoms with Crippen LogP contribution in [0.2, 0.25) is 5.02 Å². The first-order valence-corrected chi connectivity index (χ1v) is 8.30. The molecule has 0 unspecified atom stereocenters. The number of nitrogens with one attached hydrogen (secondary N) is 2. The van der Waals surface area contributed by atoms with Gasteiger partial charge in [0.2, 0.25) is 0 Å². The summed E-state index contributed by atoms with van der Waals surface area (Å²) in [7, 11) is 0. The summed E-state index contributed by atoms with van der Waals surface area (Å²) in [5.41, 5.74) is 0.0566. The maximum absolute atomic E-state index is 13.1. The van der Waals surface area contributed by atoms with Gasteiger partial charge in [0, 0.05) is 21.9 Å². The molecule has 0 aliphatic carbocycles. The van der Waals surface area contributed by atoms with E-state index in [4.69, 9.17) is 11.6 Å². The van der Waals surface area contributed by atoms with E-state index in [1.807, 2.05) is 0 Å². The highest BCUT2D eigenvalue weighted by Crippen LogP contribution is 2.34. The molecule has 2 N–H and O–H groups in total. The van der Waals surface area contributed by atoms with Crippen molar-refractivity contribution in [3.05, 3.63) is 81.5 Å². The number of urea groups is 1. The highest BCUT2D eigenvalue weighted by molar-refractivity contribution is 6.30. The number of alkyl halides is 3. The number of ketones is 1. The first-order valence-electron chi connectivity index (χ1n) is 7.92. The van der Waals surface area contributed by atoms with Gasteiger partial charge in [0.25, 0.3) is 0 Å². The number of benzene rings is 2. The highest BCUT2D eigenvalue weighted by atomic mass is 35.5. The second-order valence-corrected chi connectivity index (χ2v) is 6.47. The van der Waals surface area contributed by atoms with Crippen molar-refractivity contribution in [1.29, 1.82) is 0 Å². The average molecular weight is 395 g/mol. The SMILES string of the molecule is CC1=C(C(=O)c2ccc(Cl)cc2)[C@H](c2cccc(C(F)(F)F)c2)NC(=O)N1. The molecular weight excluding hydrogens is 381 g/mol. The summed E-state index contributed by atoms with van der Waals surface area (Å²) < 4.78 is 39.2. The Bertz CT molecular complexity index is 937. The molecule has 0 saturated heterocycles. The summed E-state index contributed by atoms with van der Waals surface area (Å²) >= 11 is 5.84. The summed E-state index contributed by atoms with van der Waals surface area (Å²) in [4.78, 5) is 24.9. The zero-order chi connectivity index (χ0) is 19.8. The Labute approximate surface area is 158 Å². The number of hydrogen-bond donors (Lipinski definition) is 2. The van der Waals surface area contributed by atoms with Crippen LogP contribution in [-0.4, -0.2) is 11.8 Å². The molecule has 0 bridgehead atoms. The maximum Gasteiger partial charge on any atom is 0.416 e. The molecule has 3 rings (SSSR count). The predicted molar refractivity (Wildman–Crippen MR) is 94.3 cm³/mol. The number of carbonyl (C=O) groups is 2. The number of hydrogen-bond acceptors (Lipinski definition) is 2. The molecule has 0 spiro atoms. The van der Waals surface area contributed by atoms with E-state index in [1.54, 1.807) is 12.1 Å². The lowest BCUT2D eigenvalue weighted by molar-refractivity contribution is -0.137. The zero-order valence-electron chi connectivity index (χ0n) is 14.0. The largest absolute Gasteiger partial charge is 0.416 e. The minimum atomic E-state index is -4.54. The molecule has 1 heterocycles. The van der Waals surface area contributed by atoms with Crippen molar-refractivity contribution in [2.75, 3.05) is 0 Å². The van der Waals surface area contributed by atoms with Crippen LogP contribution < -0.4 is 10.6 Å². The van der Waals surface area contributed by atoms with Crippen LogP contribution in [0.3, 0.4) is 0 Å². The standard InChI is InChI=1S/C19H14ClF3N2O2/c1-10-15(17(26)11-5-7-14(20)8-6-11)16(25-18(27)24-10)12-3-2-4-13(9-12)19(21,22)23/h2-9,16H,1H3,(H2,24,25,27)/t16-/m0/s1. The van der Waals surface area contributed by atoms with Crippen LogP contribution in [0.4, 0.5) is 18.0 Å². The molecule has 1 atom stereocenters. The van der Waals surface area contributed by atoms with E-state index >= 15 is 0 Å². The molecule has 1 aliphatic rings. The van der Waals surface area contributed by atoms with E-state index in [0.29, 0.717) is 10.6 Å². The van der Waals surface area contributed by atoms with E-state index in [9.17, 15) is 22.8 Å². The van der Waals surface area contributed by atoms with Crippen molar-refractivity contribution in [1.82, 2.24) is 10.6 Å². The Balaban J connectivity index is 2.07. The molecule has 0 fully saturated rings. The van der Waals surface area contributed by atoms with E-state index in [2.05, 4.69) is 10.6 Å². The van der Waals surface area contributed by atoms with Gasteiger partial charge in [0.05, 0.1) is 11.6 Å². The smallest absolute Gasteiger partial charge is 0.327 e. The van der Waals surface area contributed by atoms with Crippen LogP contribution in [0.25, 0.3) is 0 Å². The number of rotatable bonds is 3. The van der Waals surface area contributed by atoms with Crippen molar-refractivity contribution in [2.45, 2.75) is 19.1 Å². The Morgan fingerprint density at radius 2 is 1.78 bits per heavy atom. The molecule has 0 saturated carbocycles. The molecule has 0 aromatic heterocycles. The lowest BCUT2D eigenvalue weighted by Gasteiger charge is -2.29. The van der Waals surface area contributed by atoms with Crippen molar-refractivity contribution >= 4 is 23.4 Å². The molecular formula is C19H14ClF3N2O2. The van der Waals surface area contributed by atoms with Gasteiger partial charge in [0.1, 0.15) is 0 Å². The van der Waals surface area contributed by atoms with Crippen LogP contribution in [0.1, 0.15) is 34.5 Å². The van der Waals surface area contributed by atoms with Crippen molar-refractivity contribution in [2.24, 2.45) is 0 Å². The molecule has 2 aromatic carbocycles. The Morgan fingerprint density at radius 1 is 1.11 bits per heavy atom. The maximum atomic E-state index is 13.1. The molecule has 140 valence electrons. The van der Waals surface area contributed by atoms with Crippen LogP contribution in [0.15, 0.2) is 59.8 Å². The number of halogens is 4. The monoisotopic (exact) mass is 394 g/mol. The third kappa shape index (κ3) is 3.98. The Hall–Kier alpha value is -2.80. The minimum Gasteiger partial charge on any atom is -0.327 e. The fourth-order valence-corrected chi connectivity index (χ4v) is 3.02. The Morgan fingerprint density at radius 3 is 2.41 bits per heavy atom. The van der Waals surface area contributed by atoms with Gasteiger partial charge in [0.15, 0.2) is 5.78 Å². The van der Waals surface area contributed by atoms with Gasteiger partial charge in [-0.3, -0.25) is 4.79 Å². The predicted octanol–water partition coefficient (Wildman–Crippen LogP) is 4.87. The van der Waals surface area contributed by atoms with E-state index in [0.717, 1.165) is 12.1 Å². The first kappa shape index (κ1) is 19.0. The Kier molecular flexibility index (Phi) is 4.97. The summed E-state index contributed by atoms with van der Waals surface area (Å²) in [6.45, 7) is 1.53. The molecule has 4 nitrogen and oxygen atoms in total. The van der Waals surface area contributed by atoms with Crippen LogP contribution >= 0.6 is 11.6 Å². The fraction of sp³-hybridized carbons (Fsp3) is 0.158. The van der Waals surface area contributed by atoms with Gasteiger partial charge in [-0.1, -0.05) is 23.7 Å². The van der Waals surface area contributed by atoms with Gasteiger partial charge >= 0.3 is 12.2 Å².